The van der Waals surface area contributed by atoms with Crippen molar-refractivity contribution in [2.75, 3.05) is 0 Å². The minimum Gasteiger partial charge on any atom is -0.511 e. The lowest BCUT2D eigenvalue weighted by Gasteiger charge is -2.04. The standard InChI is InChI=1S/C24H49NO/c1-2-3-4-5-6-7-8-9-10-11-12-13-14-15-16-17-18-19-20-21-22-24(26)23-25/h23,26H,2-22,25H2,1H3/b24-23-. The SMILES string of the molecule is CCCCCCCCCCCCCCCCCCCCCC/C(O)=C/N. The summed E-state index contributed by atoms with van der Waals surface area (Å²) in [6, 6.07) is 0. The van der Waals surface area contributed by atoms with Gasteiger partial charge in [0.25, 0.3) is 0 Å². The van der Waals surface area contributed by atoms with Gasteiger partial charge in [-0.1, -0.05) is 129 Å². The Bertz CT molecular complexity index is 288. The van der Waals surface area contributed by atoms with Crippen molar-refractivity contribution in [3.8, 4) is 0 Å². The van der Waals surface area contributed by atoms with Crippen LogP contribution in [0.2, 0.25) is 0 Å². The molecule has 26 heavy (non-hydrogen) atoms. The molecule has 156 valence electrons. The molecule has 0 radical (unpaired) electrons. The van der Waals surface area contributed by atoms with Gasteiger partial charge in [-0.25, -0.2) is 0 Å². The number of aliphatic hydroxyl groups is 1. The molecular weight excluding hydrogens is 318 g/mol. The smallest absolute Gasteiger partial charge is 0.108 e. The van der Waals surface area contributed by atoms with E-state index in [9.17, 15) is 5.11 Å². The van der Waals surface area contributed by atoms with Crippen LogP contribution < -0.4 is 5.73 Å². The first-order valence-corrected chi connectivity index (χ1v) is 11.9. The second-order valence-electron chi connectivity index (χ2n) is 8.13. The topological polar surface area (TPSA) is 46.2 Å². The second-order valence-corrected chi connectivity index (χ2v) is 8.13. The maximum Gasteiger partial charge on any atom is 0.108 e. The lowest BCUT2D eigenvalue weighted by atomic mass is 10.0. The van der Waals surface area contributed by atoms with Gasteiger partial charge in [0.05, 0.1) is 0 Å². The molecular formula is C24H49NO. The molecule has 0 aliphatic carbocycles. The summed E-state index contributed by atoms with van der Waals surface area (Å²) >= 11 is 0. The molecule has 0 heterocycles. The summed E-state index contributed by atoms with van der Waals surface area (Å²) in [4.78, 5) is 0. The molecule has 0 aliphatic heterocycles. The largest absolute Gasteiger partial charge is 0.511 e. The van der Waals surface area contributed by atoms with Crippen LogP contribution >= 0.6 is 0 Å². The molecule has 2 heteroatoms. The Kier molecular flexibility index (Phi) is 21.8. The Morgan fingerprint density at radius 2 is 0.808 bits per heavy atom. The molecule has 0 saturated heterocycles. The van der Waals surface area contributed by atoms with Gasteiger partial charge in [0.2, 0.25) is 0 Å². The monoisotopic (exact) mass is 367 g/mol. The van der Waals surface area contributed by atoms with Gasteiger partial charge in [-0.2, -0.15) is 0 Å². The van der Waals surface area contributed by atoms with Crippen molar-refractivity contribution in [1.29, 1.82) is 0 Å². The predicted octanol–water partition coefficient (Wildman–Crippen LogP) is 8.56. The first kappa shape index (κ1) is 25.3. The van der Waals surface area contributed by atoms with Gasteiger partial charge in [0.15, 0.2) is 0 Å². The first-order chi connectivity index (χ1) is 12.8. The number of allylic oxidation sites excluding steroid dienone is 1. The van der Waals surface area contributed by atoms with E-state index in [1.807, 2.05) is 0 Å². The Morgan fingerprint density at radius 1 is 0.538 bits per heavy atom. The van der Waals surface area contributed by atoms with Crippen LogP contribution in [0.3, 0.4) is 0 Å². The molecule has 0 aromatic carbocycles. The van der Waals surface area contributed by atoms with E-state index in [1.54, 1.807) is 0 Å². The van der Waals surface area contributed by atoms with Gasteiger partial charge in [-0.05, 0) is 6.42 Å². The minimum absolute atomic E-state index is 0.340. The normalized spacial score (nSPS) is 12.0. The van der Waals surface area contributed by atoms with Gasteiger partial charge in [-0.3, -0.25) is 0 Å². The third-order valence-electron chi connectivity index (χ3n) is 5.48. The highest BCUT2D eigenvalue weighted by atomic mass is 16.3. The van der Waals surface area contributed by atoms with E-state index in [-0.39, 0.29) is 0 Å². The van der Waals surface area contributed by atoms with Gasteiger partial charge in [0, 0.05) is 12.6 Å². The maximum atomic E-state index is 9.25. The molecule has 0 aliphatic rings. The van der Waals surface area contributed by atoms with Crippen LogP contribution in [0.5, 0.6) is 0 Å². The fourth-order valence-electron chi connectivity index (χ4n) is 3.64. The summed E-state index contributed by atoms with van der Waals surface area (Å²) < 4.78 is 0. The van der Waals surface area contributed by atoms with Crippen LogP contribution in [0.1, 0.15) is 142 Å². The maximum absolute atomic E-state index is 9.25. The first-order valence-electron chi connectivity index (χ1n) is 11.9. The molecule has 0 unspecified atom stereocenters. The Morgan fingerprint density at radius 3 is 1.08 bits per heavy atom. The summed E-state index contributed by atoms with van der Waals surface area (Å²) in [5.74, 6) is 0.340. The molecule has 0 spiro atoms. The summed E-state index contributed by atoms with van der Waals surface area (Å²) in [5, 5.41) is 9.25. The fraction of sp³-hybridized carbons (Fsp3) is 0.917. The molecule has 0 amide bonds. The summed E-state index contributed by atoms with van der Waals surface area (Å²) in [6.07, 6.45) is 30.0. The van der Waals surface area contributed by atoms with Crippen LogP contribution in [-0.2, 0) is 0 Å². The third-order valence-corrected chi connectivity index (χ3v) is 5.48. The number of nitrogens with two attached hydrogens (primary N) is 1. The van der Waals surface area contributed by atoms with E-state index in [1.165, 1.54) is 128 Å². The molecule has 0 aromatic rings. The number of hydrogen-bond acceptors (Lipinski definition) is 2. The van der Waals surface area contributed by atoms with Crippen molar-refractivity contribution in [2.24, 2.45) is 5.73 Å². The highest BCUT2D eigenvalue weighted by Gasteiger charge is 1.96. The predicted molar refractivity (Wildman–Crippen MR) is 118 cm³/mol. The van der Waals surface area contributed by atoms with Crippen molar-refractivity contribution in [3.63, 3.8) is 0 Å². The van der Waals surface area contributed by atoms with Crippen molar-refractivity contribution in [3.05, 3.63) is 12.0 Å². The molecule has 0 aromatic heterocycles. The number of unbranched alkanes of at least 4 members (excludes halogenated alkanes) is 19. The summed E-state index contributed by atoms with van der Waals surface area (Å²) in [6.45, 7) is 2.29. The zero-order valence-corrected chi connectivity index (χ0v) is 18.0. The zero-order chi connectivity index (χ0) is 19.1. The number of rotatable bonds is 21. The quantitative estimate of drug-likeness (QED) is 0.158. The van der Waals surface area contributed by atoms with Crippen LogP contribution in [-0.4, -0.2) is 5.11 Å². The molecule has 0 bridgehead atoms. The third kappa shape index (κ3) is 21.4. The van der Waals surface area contributed by atoms with E-state index in [0.29, 0.717) is 5.76 Å². The van der Waals surface area contributed by atoms with E-state index < -0.39 is 0 Å². The van der Waals surface area contributed by atoms with Gasteiger partial charge >= 0.3 is 0 Å². The van der Waals surface area contributed by atoms with Crippen molar-refractivity contribution in [1.82, 2.24) is 0 Å². The molecule has 0 saturated carbocycles. The number of hydrogen-bond donors (Lipinski definition) is 2. The average molecular weight is 368 g/mol. The second kappa shape index (κ2) is 22.4. The van der Waals surface area contributed by atoms with Crippen molar-refractivity contribution in [2.45, 2.75) is 142 Å². The van der Waals surface area contributed by atoms with E-state index in [0.717, 1.165) is 12.8 Å². The highest BCUT2D eigenvalue weighted by Crippen LogP contribution is 2.15. The van der Waals surface area contributed by atoms with E-state index in [2.05, 4.69) is 6.92 Å². The Balaban J connectivity index is 3.01. The Labute approximate surface area is 165 Å². The van der Waals surface area contributed by atoms with Crippen LogP contribution in [0.15, 0.2) is 12.0 Å². The van der Waals surface area contributed by atoms with Crippen molar-refractivity contribution < 1.29 is 5.11 Å². The highest BCUT2D eigenvalue weighted by molar-refractivity contribution is 4.85. The van der Waals surface area contributed by atoms with E-state index in [4.69, 9.17) is 5.73 Å². The average Bonchev–Trinajstić information content (AvgIpc) is 2.66. The molecule has 2 nitrogen and oxygen atoms in total. The lowest BCUT2D eigenvalue weighted by Crippen LogP contribution is -1.88. The lowest BCUT2D eigenvalue weighted by molar-refractivity contribution is 0.378. The summed E-state index contributed by atoms with van der Waals surface area (Å²) in [5.41, 5.74) is 5.24. The van der Waals surface area contributed by atoms with Crippen LogP contribution in [0.4, 0.5) is 0 Å². The van der Waals surface area contributed by atoms with Crippen LogP contribution in [0.25, 0.3) is 0 Å². The molecule has 0 rings (SSSR count). The zero-order valence-electron chi connectivity index (χ0n) is 18.0. The van der Waals surface area contributed by atoms with Crippen molar-refractivity contribution >= 4 is 0 Å². The molecule has 3 N–H and O–H groups in total. The Hall–Kier alpha value is -0.660. The minimum atomic E-state index is 0.340. The molecule has 0 fully saturated rings. The van der Waals surface area contributed by atoms with Gasteiger partial charge in [-0.15, -0.1) is 0 Å². The fourth-order valence-corrected chi connectivity index (χ4v) is 3.64. The summed E-state index contributed by atoms with van der Waals surface area (Å²) in [7, 11) is 0. The molecule has 0 atom stereocenters. The van der Waals surface area contributed by atoms with Crippen LogP contribution in [0, 0.1) is 0 Å². The number of aliphatic hydroxyl groups excluding tert-OH is 1. The van der Waals surface area contributed by atoms with Gasteiger partial charge in [0.1, 0.15) is 5.76 Å². The van der Waals surface area contributed by atoms with Gasteiger partial charge < -0.3 is 10.8 Å². The van der Waals surface area contributed by atoms with E-state index >= 15 is 0 Å².